The van der Waals surface area contributed by atoms with Crippen LogP contribution in [-0.4, -0.2) is 67.5 Å². The van der Waals surface area contributed by atoms with Gasteiger partial charge >= 0.3 is 17.9 Å². The number of rotatable bonds is 11. The van der Waals surface area contributed by atoms with Gasteiger partial charge in [-0.3, -0.25) is 39.9 Å². The second-order valence-corrected chi connectivity index (χ2v) is 14.4. The molecule has 45 heavy (non-hydrogen) atoms. The molecule has 4 saturated carbocycles. The second kappa shape index (κ2) is 15.1. The van der Waals surface area contributed by atoms with Crippen LogP contribution >= 0.6 is 0 Å². The molecule has 13 atom stereocenters. The van der Waals surface area contributed by atoms with Crippen molar-refractivity contribution >= 4 is 17.9 Å². The van der Waals surface area contributed by atoms with Crippen LogP contribution < -0.4 is 0 Å². The van der Waals surface area contributed by atoms with Crippen molar-refractivity contribution in [3.63, 3.8) is 0 Å². The molecule has 3 N–H and O–H groups in total. The Kier molecular flexibility index (Phi) is 11.8. The summed E-state index contributed by atoms with van der Waals surface area (Å²) in [6.45, 7) is 4.09. The fourth-order valence-electron chi connectivity index (χ4n) is 9.22. The second-order valence-electron chi connectivity index (χ2n) is 14.4. The van der Waals surface area contributed by atoms with Gasteiger partial charge in [-0.15, -0.1) is 0 Å². The quantitative estimate of drug-likeness (QED) is 0.119. The predicted molar refractivity (Wildman–Crippen MR) is 157 cm³/mol. The topological polar surface area (TPSA) is 217 Å². The van der Waals surface area contributed by atoms with Crippen molar-refractivity contribution in [1.82, 2.24) is 0 Å². The largest absolute Gasteiger partial charge is 0.481 e. The Balaban J connectivity index is 1.29. The molecule has 0 heterocycles. The summed E-state index contributed by atoms with van der Waals surface area (Å²) in [4.78, 5) is 63.7. The first-order valence-corrected chi connectivity index (χ1v) is 16.5. The minimum absolute atomic E-state index is 0.0561. The smallest absolute Gasteiger partial charge is 0.310 e. The van der Waals surface area contributed by atoms with Gasteiger partial charge in [-0.1, -0.05) is 20.3 Å². The Morgan fingerprint density at radius 2 is 1.27 bits per heavy atom. The van der Waals surface area contributed by atoms with Gasteiger partial charge in [0, 0.05) is 41.4 Å². The average Bonchev–Trinajstić information content (AvgIpc) is 2.99. The third-order valence-corrected chi connectivity index (χ3v) is 11.7. The number of nitro groups is 2. The van der Waals surface area contributed by atoms with E-state index in [9.17, 15) is 50.1 Å². The summed E-state index contributed by atoms with van der Waals surface area (Å²) in [5.41, 5.74) is 0. The van der Waals surface area contributed by atoms with Gasteiger partial charge in [-0.25, -0.2) is 4.89 Å². The Morgan fingerprint density at radius 1 is 0.711 bits per heavy atom. The molecule has 14 heteroatoms. The van der Waals surface area contributed by atoms with Gasteiger partial charge in [0.15, 0.2) is 0 Å². The van der Waals surface area contributed by atoms with E-state index >= 15 is 0 Å². The minimum atomic E-state index is -1.13. The van der Waals surface area contributed by atoms with Gasteiger partial charge in [0.25, 0.3) is 0 Å². The molecule has 4 fully saturated rings. The molecule has 4 aliphatic rings. The molecular formula is C31H48N2O12. The van der Waals surface area contributed by atoms with E-state index in [4.69, 9.17) is 9.62 Å². The summed E-state index contributed by atoms with van der Waals surface area (Å²) in [5, 5.41) is 52.1. The van der Waals surface area contributed by atoms with Crippen molar-refractivity contribution in [3.05, 3.63) is 20.2 Å². The molecule has 0 saturated heterocycles. The summed E-state index contributed by atoms with van der Waals surface area (Å²) < 4.78 is 5.82. The van der Waals surface area contributed by atoms with Crippen molar-refractivity contribution in [1.29, 1.82) is 0 Å². The number of carboxylic acid groups (broad SMARTS) is 2. The normalized spacial score (nSPS) is 39.7. The predicted octanol–water partition coefficient (Wildman–Crippen LogP) is 4.93. The molecule has 0 aromatic rings. The SMILES string of the molecule is CC1CC(CC2CCC(C(OO)C3CC([N+](=O)[O-])CCC3C(=O)O)C(C)C2)CCC1OC(=O)C1CC([N+](=O)[O-])CCC1C(=O)O. The highest BCUT2D eigenvalue weighted by molar-refractivity contribution is 5.81. The zero-order valence-electron chi connectivity index (χ0n) is 26.1. The van der Waals surface area contributed by atoms with E-state index in [0.29, 0.717) is 18.3 Å². The molecule has 13 unspecified atom stereocenters. The van der Waals surface area contributed by atoms with E-state index in [-0.39, 0.29) is 67.3 Å². The molecule has 0 radical (unpaired) electrons. The van der Waals surface area contributed by atoms with Gasteiger partial charge in [0.1, 0.15) is 6.10 Å². The highest BCUT2D eigenvalue weighted by Crippen LogP contribution is 2.47. The summed E-state index contributed by atoms with van der Waals surface area (Å²) in [7, 11) is 0. The van der Waals surface area contributed by atoms with Crippen LogP contribution in [0.5, 0.6) is 0 Å². The number of aliphatic carboxylic acids is 2. The summed E-state index contributed by atoms with van der Waals surface area (Å²) in [6.07, 6.45) is 5.17. The van der Waals surface area contributed by atoms with Crippen molar-refractivity contribution in [2.45, 2.75) is 122 Å². The first kappa shape index (κ1) is 35.0. The van der Waals surface area contributed by atoms with E-state index in [1.807, 2.05) is 6.92 Å². The van der Waals surface area contributed by atoms with Crippen LogP contribution in [0.3, 0.4) is 0 Å². The van der Waals surface area contributed by atoms with Crippen LogP contribution in [0.25, 0.3) is 0 Å². The van der Waals surface area contributed by atoms with E-state index in [0.717, 1.165) is 38.5 Å². The van der Waals surface area contributed by atoms with Crippen molar-refractivity contribution in [2.75, 3.05) is 0 Å². The lowest BCUT2D eigenvalue weighted by Crippen LogP contribution is -2.47. The number of esters is 1. The summed E-state index contributed by atoms with van der Waals surface area (Å²) >= 11 is 0. The molecule has 0 spiro atoms. The number of carbonyl (C=O) groups excluding carboxylic acids is 1. The molecule has 0 bridgehead atoms. The van der Waals surface area contributed by atoms with Crippen LogP contribution in [-0.2, 0) is 24.0 Å². The maximum atomic E-state index is 13.1. The Bertz CT molecular complexity index is 1100. The fraction of sp³-hybridized carbons (Fsp3) is 0.903. The third kappa shape index (κ3) is 8.30. The average molecular weight is 641 g/mol. The van der Waals surface area contributed by atoms with Gasteiger partial charge in [-0.2, -0.15) is 0 Å². The molecule has 0 aromatic carbocycles. The zero-order valence-corrected chi connectivity index (χ0v) is 26.1. The van der Waals surface area contributed by atoms with Crippen molar-refractivity contribution in [3.8, 4) is 0 Å². The Labute approximate surface area is 262 Å². The number of hydrogen-bond acceptors (Lipinski definition) is 10. The lowest BCUT2D eigenvalue weighted by molar-refractivity contribution is -0.530. The van der Waals surface area contributed by atoms with Crippen LogP contribution in [0.2, 0.25) is 0 Å². The summed E-state index contributed by atoms with van der Waals surface area (Å²) in [5.74, 6) is -5.32. The van der Waals surface area contributed by atoms with Crippen molar-refractivity contribution in [2.24, 2.45) is 53.3 Å². The number of nitrogens with zero attached hydrogens (tertiary/aromatic N) is 2. The van der Waals surface area contributed by atoms with Crippen LogP contribution in [0.1, 0.15) is 97.3 Å². The Morgan fingerprint density at radius 3 is 1.80 bits per heavy atom. The van der Waals surface area contributed by atoms with Crippen LogP contribution in [0.15, 0.2) is 0 Å². The lowest BCUT2D eigenvalue weighted by atomic mass is 9.63. The lowest BCUT2D eigenvalue weighted by Gasteiger charge is -2.44. The van der Waals surface area contributed by atoms with Crippen LogP contribution in [0, 0.1) is 73.5 Å². The number of carbonyl (C=O) groups is 3. The first-order chi connectivity index (χ1) is 21.3. The standard InChI is InChI=1S/C31H48N2O12/c1-16-11-18(3-7-22(16)28(45-43)25-14-20(32(39)40)5-8-23(25)29(34)35)13-19-4-10-27(17(2)12-19)44-31(38)26-15-21(33(41)42)6-9-24(26)30(36)37/h16-28,43H,3-15H2,1-2H3,(H,34,35)(H,36,37). The molecular weight excluding hydrogens is 592 g/mol. The highest BCUT2D eigenvalue weighted by Gasteiger charge is 2.49. The molecule has 0 aromatic heterocycles. The van der Waals surface area contributed by atoms with E-state index in [1.165, 1.54) is 0 Å². The molecule has 4 aliphatic carbocycles. The summed E-state index contributed by atoms with van der Waals surface area (Å²) in [6, 6.07) is -1.78. The minimum Gasteiger partial charge on any atom is -0.481 e. The molecule has 254 valence electrons. The van der Waals surface area contributed by atoms with Crippen LogP contribution in [0.4, 0.5) is 0 Å². The molecule has 14 nitrogen and oxygen atoms in total. The van der Waals surface area contributed by atoms with Crippen molar-refractivity contribution < 1.29 is 49.3 Å². The first-order valence-electron chi connectivity index (χ1n) is 16.5. The highest BCUT2D eigenvalue weighted by atomic mass is 17.1. The monoisotopic (exact) mass is 640 g/mol. The number of hydrogen-bond donors (Lipinski definition) is 3. The zero-order chi connectivity index (χ0) is 33.0. The number of carboxylic acids is 2. The molecule has 0 aliphatic heterocycles. The maximum Gasteiger partial charge on any atom is 0.310 e. The fourth-order valence-corrected chi connectivity index (χ4v) is 9.22. The van der Waals surface area contributed by atoms with Gasteiger partial charge < -0.3 is 14.9 Å². The molecule has 0 amide bonds. The Hall–Kier alpha value is -2.87. The van der Waals surface area contributed by atoms with E-state index in [2.05, 4.69) is 6.92 Å². The van der Waals surface area contributed by atoms with E-state index < -0.39 is 64.7 Å². The third-order valence-electron chi connectivity index (χ3n) is 11.7. The maximum absolute atomic E-state index is 13.1. The number of ether oxygens (including phenoxy) is 1. The van der Waals surface area contributed by atoms with Gasteiger partial charge in [0.05, 0.1) is 23.9 Å². The van der Waals surface area contributed by atoms with E-state index in [1.54, 1.807) is 0 Å². The van der Waals surface area contributed by atoms with Gasteiger partial charge in [-0.05, 0) is 81.0 Å². The van der Waals surface area contributed by atoms with Gasteiger partial charge in [0.2, 0.25) is 12.1 Å². The molecule has 4 rings (SSSR count).